The van der Waals surface area contributed by atoms with Crippen molar-refractivity contribution in [1.82, 2.24) is 0 Å². The van der Waals surface area contributed by atoms with Crippen LogP contribution in [0.1, 0.15) is 18.1 Å². The molecule has 0 aliphatic carbocycles. The molecule has 0 spiro atoms. The van der Waals surface area contributed by atoms with E-state index in [1.807, 2.05) is 18.2 Å². The maximum Gasteiger partial charge on any atom is 0.0254 e. The average Bonchev–Trinajstić information content (AvgIpc) is 2.41. The monoisotopic (exact) mass is 338 g/mol. The predicted octanol–water partition coefficient (Wildman–Crippen LogP) is 5.11. The van der Waals surface area contributed by atoms with Gasteiger partial charge in [0.2, 0.25) is 0 Å². The average molecular weight is 338 g/mol. The molecule has 0 amide bonds. The molecule has 0 saturated heterocycles. The fourth-order valence-corrected chi connectivity index (χ4v) is 2.04. The number of aryl methyl sites for hydroxylation is 1. The van der Waals surface area contributed by atoms with Gasteiger partial charge < -0.3 is 0 Å². The summed E-state index contributed by atoms with van der Waals surface area (Å²) in [5.74, 6) is 3.16. The van der Waals surface area contributed by atoms with E-state index >= 15 is 0 Å². The molecule has 0 fully saturated rings. The quantitative estimate of drug-likeness (QED) is 0.416. The van der Waals surface area contributed by atoms with Crippen LogP contribution in [-0.2, 0) is 6.42 Å². The van der Waals surface area contributed by atoms with Gasteiger partial charge in [0.25, 0.3) is 0 Å². The van der Waals surface area contributed by atoms with E-state index in [1.165, 1.54) is 10.5 Å². The van der Waals surface area contributed by atoms with Gasteiger partial charge in [0, 0.05) is 10.5 Å². The van der Waals surface area contributed by atoms with Crippen LogP contribution in [0, 0.1) is 11.2 Å². The van der Waals surface area contributed by atoms with Crippen molar-refractivity contribution in [3.05, 3.63) is 65.7 Å². The molecule has 0 unspecified atom stereocenters. The third kappa shape index (κ3) is 9.03. The van der Waals surface area contributed by atoms with Gasteiger partial charge in [-0.1, -0.05) is 43.2 Å². The molecule has 0 aliphatic heterocycles. The highest BCUT2D eigenvalue weighted by molar-refractivity contribution is 8.03. The summed E-state index contributed by atoms with van der Waals surface area (Å²) in [4.78, 5) is 1.19. The fourth-order valence-electron chi connectivity index (χ4n) is 1.46. The molecule has 0 N–H and O–H groups in total. The second kappa shape index (κ2) is 15.4. The van der Waals surface area contributed by atoms with Gasteiger partial charge in [-0.3, -0.25) is 23.5 Å². The maximum atomic E-state index is 3.16. The number of hydrogen-bond acceptors (Lipinski definition) is 1. The van der Waals surface area contributed by atoms with E-state index in [9.17, 15) is 0 Å². The van der Waals surface area contributed by atoms with Crippen LogP contribution >= 0.6 is 11.8 Å². The SMILES string of the molecule is CCc1ccc(C#CSc2ccccc2)cc1.F.F.F.F.F. The molecule has 0 aromatic heterocycles. The summed E-state index contributed by atoms with van der Waals surface area (Å²) < 4.78 is 0. The third-order valence-electron chi connectivity index (χ3n) is 2.47. The first-order chi connectivity index (χ1) is 8.38. The van der Waals surface area contributed by atoms with Crippen molar-refractivity contribution in [3.8, 4) is 11.2 Å². The molecule has 0 radical (unpaired) electrons. The second-order valence-electron chi connectivity index (χ2n) is 3.69. The molecule has 0 heterocycles. The van der Waals surface area contributed by atoms with Crippen LogP contribution in [0.25, 0.3) is 0 Å². The number of hydrogen-bond donors (Lipinski definition) is 0. The summed E-state index contributed by atoms with van der Waals surface area (Å²) in [6.07, 6.45) is 1.08. The summed E-state index contributed by atoms with van der Waals surface area (Å²) >= 11 is 1.56. The Hall–Kier alpha value is -2.00. The van der Waals surface area contributed by atoms with Gasteiger partial charge in [0.15, 0.2) is 0 Å². The van der Waals surface area contributed by atoms with Crippen molar-refractivity contribution < 1.29 is 23.5 Å². The molecule has 0 nitrogen and oxygen atoms in total. The van der Waals surface area contributed by atoms with Crippen LogP contribution in [0.4, 0.5) is 23.5 Å². The second-order valence-corrected chi connectivity index (χ2v) is 4.57. The Bertz CT molecular complexity index is 532. The van der Waals surface area contributed by atoms with Crippen molar-refractivity contribution in [1.29, 1.82) is 0 Å². The smallest absolute Gasteiger partial charge is 0.0254 e. The minimum Gasteiger partial charge on any atom is -0.269 e. The third-order valence-corrected chi connectivity index (χ3v) is 3.18. The van der Waals surface area contributed by atoms with E-state index in [4.69, 9.17) is 0 Å². The minimum atomic E-state index is 0. The lowest BCUT2D eigenvalue weighted by Gasteiger charge is -1.95. The Labute approximate surface area is 131 Å². The van der Waals surface area contributed by atoms with Crippen LogP contribution in [-0.4, -0.2) is 0 Å². The molecule has 0 saturated carbocycles. The Kier molecular flexibility index (Phi) is 19.7. The Morgan fingerprint density at radius 1 is 0.773 bits per heavy atom. The van der Waals surface area contributed by atoms with Crippen LogP contribution in [0.2, 0.25) is 0 Å². The number of rotatable bonds is 2. The van der Waals surface area contributed by atoms with E-state index in [-0.39, 0.29) is 23.5 Å². The zero-order valence-corrected chi connectivity index (χ0v) is 12.7. The lowest BCUT2D eigenvalue weighted by molar-refractivity contribution is 1.11. The van der Waals surface area contributed by atoms with Gasteiger partial charge in [-0.25, -0.2) is 0 Å². The number of thioether (sulfide) groups is 1. The molecule has 2 aromatic carbocycles. The topological polar surface area (TPSA) is 0 Å². The summed E-state index contributed by atoms with van der Waals surface area (Å²) in [7, 11) is 0. The van der Waals surface area contributed by atoms with Gasteiger partial charge in [0.1, 0.15) is 0 Å². The largest absolute Gasteiger partial charge is 0.269 e. The first-order valence-electron chi connectivity index (χ1n) is 5.70. The lowest BCUT2D eigenvalue weighted by Crippen LogP contribution is -1.79. The summed E-state index contributed by atoms with van der Waals surface area (Å²) in [5.41, 5.74) is 2.43. The number of halogens is 5. The maximum absolute atomic E-state index is 3.16. The van der Waals surface area contributed by atoms with Gasteiger partial charge in [-0.05, 0) is 53.3 Å². The molecular weight excluding hydrogens is 319 g/mol. The number of benzene rings is 2. The fraction of sp³-hybridized carbons (Fsp3) is 0.125. The molecule has 0 atom stereocenters. The minimum absolute atomic E-state index is 0. The van der Waals surface area contributed by atoms with Crippen LogP contribution in [0.5, 0.6) is 0 Å². The molecule has 6 heteroatoms. The lowest BCUT2D eigenvalue weighted by atomic mass is 10.1. The van der Waals surface area contributed by atoms with Gasteiger partial charge in [-0.15, -0.1) is 0 Å². The highest BCUT2D eigenvalue weighted by Crippen LogP contribution is 2.15. The van der Waals surface area contributed by atoms with Crippen LogP contribution < -0.4 is 0 Å². The summed E-state index contributed by atoms with van der Waals surface area (Å²) in [6, 6.07) is 18.6. The van der Waals surface area contributed by atoms with Crippen molar-refractivity contribution in [3.63, 3.8) is 0 Å². The molecule has 2 rings (SSSR count). The normalized spacial score (nSPS) is 7.32. The summed E-state index contributed by atoms with van der Waals surface area (Å²) in [6.45, 7) is 2.16. The zero-order chi connectivity index (χ0) is 11.9. The van der Waals surface area contributed by atoms with Crippen LogP contribution in [0.3, 0.4) is 0 Å². The Morgan fingerprint density at radius 3 is 1.82 bits per heavy atom. The molecule has 22 heavy (non-hydrogen) atoms. The zero-order valence-electron chi connectivity index (χ0n) is 11.9. The van der Waals surface area contributed by atoms with E-state index in [1.54, 1.807) is 11.8 Å². The van der Waals surface area contributed by atoms with Gasteiger partial charge in [0.05, 0.1) is 0 Å². The van der Waals surface area contributed by atoms with Crippen molar-refractivity contribution in [2.75, 3.05) is 0 Å². The Balaban J connectivity index is -0.000000324. The molecule has 0 aliphatic rings. The molecular formula is C16H19F5S. The van der Waals surface area contributed by atoms with Crippen LogP contribution in [0.15, 0.2) is 59.5 Å². The summed E-state index contributed by atoms with van der Waals surface area (Å²) in [5, 5.41) is 3.12. The highest BCUT2D eigenvalue weighted by atomic mass is 32.2. The molecule has 124 valence electrons. The van der Waals surface area contributed by atoms with Gasteiger partial charge in [-0.2, -0.15) is 0 Å². The molecule has 2 aromatic rings. The van der Waals surface area contributed by atoms with E-state index in [2.05, 4.69) is 54.5 Å². The van der Waals surface area contributed by atoms with E-state index < -0.39 is 0 Å². The van der Waals surface area contributed by atoms with Gasteiger partial charge >= 0.3 is 0 Å². The standard InChI is InChI=1S/C16H14S.5FH/c1-2-14-8-10-15(11-9-14)12-13-17-16-6-4-3-5-7-16;;;;;/h3-11H,2H2,1H3;5*1H. The van der Waals surface area contributed by atoms with E-state index in [0.29, 0.717) is 0 Å². The predicted molar refractivity (Wildman–Crippen MR) is 87.5 cm³/mol. The van der Waals surface area contributed by atoms with Crippen molar-refractivity contribution >= 4 is 11.8 Å². The Morgan fingerprint density at radius 2 is 1.32 bits per heavy atom. The first-order valence-corrected chi connectivity index (χ1v) is 6.52. The van der Waals surface area contributed by atoms with E-state index in [0.717, 1.165) is 12.0 Å². The van der Waals surface area contributed by atoms with Crippen molar-refractivity contribution in [2.45, 2.75) is 18.2 Å². The first kappa shape index (κ1) is 28.2. The molecule has 0 bridgehead atoms. The van der Waals surface area contributed by atoms with Crippen molar-refractivity contribution in [2.24, 2.45) is 0 Å². The highest BCUT2D eigenvalue weighted by Gasteiger charge is 1.89.